The molecule has 0 aliphatic heterocycles. The van der Waals surface area contributed by atoms with E-state index in [1.54, 1.807) is 13.8 Å². The minimum Gasteiger partial charge on any atom is -0.343 e. The van der Waals surface area contributed by atoms with Crippen LogP contribution >= 0.6 is 0 Å². The molecule has 1 aromatic carbocycles. The van der Waals surface area contributed by atoms with E-state index in [0.717, 1.165) is 0 Å². The van der Waals surface area contributed by atoms with Crippen molar-refractivity contribution in [1.82, 2.24) is 10.6 Å². The molecule has 0 aliphatic rings. The zero-order valence-corrected chi connectivity index (χ0v) is 15.5. The van der Waals surface area contributed by atoms with Gasteiger partial charge in [0.1, 0.15) is 6.04 Å². The summed E-state index contributed by atoms with van der Waals surface area (Å²) in [4.78, 5) is 34.4. The van der Waals surface area contributed by atoms with Crippen molar-refractivity contribution in [3.63, 3.8) is 0 Å². The highest BCUT2D eigenvalue weighted by atomic mass is 16.6. The van der Waals surface area contributed by atoms with Gasteiger partial charge in [-0.1, -0.05) is 13.8 Å². The van der Waals surface area contributed by atoms with Crippen LogP contribution in [-0.4, -0.2) is 41.4 Å². The molecular formula is C17H27N5O4. The number of hydrogen-bond acceptors (Lipinski definition) is 6. The Morgan fingerprint density at radius 3 is 2.15 bits per heavy atom. The van der Waals surface area contributed by atoms with Gasteiger partial charge < -0.3 is 21.7 Å². The number of nitrogens with two attached hydrogens (primary N) is 1. The van der Waals surface area contributed by atoms with Crippen molar-refractivity contribution in [2.75, 3.05) is 11.9 Å². The number of nitrogens with zero attached hydrogens (tertiary/aromatic N) is 1. The number of nitrogens with one attached hydrogen (secondary N) is 3. The van der Waals surface area contributed by atoms with Crippen LogP contribution in [0.2, 0.25) is 0 Å². The van der Waals surface area contributed by atoms with Gasteiger partial charge in [-0.25, -0.2) is 0 Å². The fourth-order valence-corrected chi connectivity index (χ4v) is 1.96. The predicted octanol–water partition coefficient (Wildman–Crippen LogP) is 0.999. The summed E-state index contributed by atoms with van der Waals surface area (Å²) >= 11 is 0. The van der Waals surface area contributed by atoms with Gasteiger partial charge >= 0.3 is 0 Å². The summed E-state index contributed by atoms with van der Waals surface area (Å²) < 4.78 is 0. The fourth-order valence-electron chi connectivity index (χ4n) is 1.96. The molecule has 1 aromatic rings. The predicted molar refractivity (Wildman–Crippen MR) is 99.6 cm³/mol. The Morgan fingerprint density at radius 2 is 1.65 bits per heavy atom. The van der Waals surface area contributed by atoms with E-state index in [-0.39, 0.29) is 17.6 Å². The molecule has 0 unspecified atom stereocenters. The highest BCUT2D eigenvalue weighted by Crippen LogP contribution is 2.15. The monoisotopic (exact) mass is 365 g/mol. The van der Waals surface area contributed by atoms with Crippen molar-refractivity contribution in [2.24, 2.45) is 11.7 Å². The van der Waals surface area contributed by atoms with E-state index in [1.165, 1.54) is 24.3 Å². The second kappa shape index (κ2) is 9.83. The van der Waals surface area contributed by atoms with Gasteiger partial charge in [0.2, 0.25) is 11.8 Å². The SMILES string of the molecule is CC(C)[C@H](N)CN[C@@H](C)C(=O)N[C@@H](C)C(=O)Nc1ccc([N+](=O)[O-])cc1. The average Bonchev–Trinajstić information content (AvgIpc) is 2.59. The first kappa shape index (κ1) is 21.5. The molecule has 0 saturated carbocycles. The van der Waals surface area contributed by atoms with Crippen molar-refractivity contribution in [3.05, 3.63) is 34.4 Å². The topological polar surface area (TPSA) is 139 Å². The molecule has 9 nitrogen and oxygen atoms in total. The lowest BCUT2D eigenvalue weighted by Gasteiger charge is -2.21. The number of carbonyl (C=O) groups is 2. The highest BCUT2D eigenvalue weighted by Gasteiger charge is 2.20. The third kappa shape index (κ3) is 6.77. The Kier molecular flexibility index (Phi) is 8.14. The second-order valence-corrected chi connectivity index (χ2v) is 6.56. The van der Waals surface area contributed by atoms with Gasteiger partial charge in [0.15, 0.2) is 0 Å². The lowest BCUT2D eigenvalue weighted by atomic mass is 10.1. The molecule has 5 N–H and O–H groups in total. The molecule has 0 bridgehead atoms. The molecule has 0 aliphatic carbocycles. The summed E-state index contributed by atoms with van der Waals surface area (Å²) in [5, 5.41) is 18.9. The van der Waals surface area contributed by atoms with Crippen LogP contribution in [0.3, 0.4) is 0 Å². The quantitative estimate of drug-likeness (QED) is 0.380. The normalized spacial score (nSPS) is 14.4. The van der Waals surface area contributed by atoms with Crippen LogP contribution in [0.25, 0.3) is 0 Å². The van der Waals surface area contributed by atoms with E-state index < -0.39 is 22.9 Å². The van der Waals surface area contributed by atoms with Gasteiger partial charge in [0.25, 0.3) is 5.69 Å². The van der Waals surface area contributed by atoms with Crippen LogP contribution in [0.4, 0.5) is 11.4 Å². The largest absolute Gasteiger partial charge is 0.343 e. The first-order chi connectivity index (χ1) is 12.1. The summed E-state index contributed by atoms with van der Waals surface area (Å²) in [7, 11) is 0. The minimum atomic E-state index is -0.763. The van der Waals surface area contributed by atoms with E-state index in [1.807, 2.05) is 13.8 Å². The van der Waals surface area contributed by atoms with Crippen molar-refractivity contribution >= 4 is 23.2 Å². The summed E-state index contributed by atoms with van der Waals surface area (Å²) in [6.07, 6.45) is 0. The fraction of sp³-hybridized carbons (Fsp3) is 0.529. The van der Waals surface area contributed by atoms with Gasteiger partial charge in [0.05, 0.1) is 11.0 Å². The van der Waals surface area contributed by atoms with E-state index in [2.05, 4.69) is 16.0 Å². The Hall–Kier alpha value is -2.52. The number of amides is 2. The van der Waals surface area contributed by atoms with Crippen LogP contribution in [-0.2, 0) is 9.59 Å². The second-order valence-electron chi connectivity index (χ2n) is 6.56. The average molecular weight is 365 g/mol. The third-order valence-corrected chi connectivity index (χ3v) is 4.01. The zero-order valence-electron chi connectivity index (χ0n) is 15.5. The standard InChI is InChI=1S/C17H27N5O4/c1-10(2)15(18)9-19-11(3)16(23)20-12(4)17(24)21-13-5-7-14(8-6-13)22(25)26/h5-8,10-12,15,19H,9,18H2,1-4H3,(H,20,23)(H,21,24)/t11-,12-,15+/m0/s1. The molecule has 1 rings (SSSR count). The van der Waals surface area contributed by atoms with Gasteiger partial charge in [-0.3, -0.25) is 19.7 Å². The molecule has 9 heteroatoms. The molecule has 144 valence electrons. The maximum absolute atomic E-state index is 12.1. The van der Waals surface area contributed by atoms with Crippen LogP contribution in [0.15, 0.2) is 24.3 Å². The number of non-ortho nitro benzene ring substituents is 1. The smallest absolute Gasteiger partial charge is 0.269 e. The number of nitro benzene ring substituents is 1. The molecule has 0 saturated heterocycles. The number of carbonyl (C=O) groups excluding carboxylic acids is 2. The van der Waals surface area contributed by atoms with Crippen molar-refractivity contribution in [1.29, 1.82) is 0 Å². The number of hydrogen-bond donors (Lipinski definition) is 4. The van der Waals surface area contributed by atoms with Crippen LogP contribution in [0.5, 0.6) is 0 Å². The molecule has 3 atom stereocenters. The van der Waals surface area contributed by atoms with Crippen molar-refractivity contribution in [2.45, 2.75) is 45.8 Å². The lowest BCUT2D eigenvalue weighted by Crippen LogP contribution is -2.51. The molecule has 0 aromatic heterocycles. The molecular weight excluding hydrogens is 338 g/mol. The van der Waals surface area contributed by atoms with Gasteiger partial charge in [-0.05, 0) is 31.9 Å². The highest BCUT2D eigenvalue weighted by molar-refractivity contribution is 5.97. The zero-order chi connectivity index (χ0) is 19.9. The molecule has 26 heavy (non-hydrogen) atoms. The number of benzene rings is 1. The Bertz CT molecular complexity index is 633. The lowest BCUT2D eigenvalue weighted by molar-refractivity contribution is -0.384. The van der Waals surface area contributed by atoms with Gasteiger partial charge in [0, 0.05) is 30.4 Å². The maximum Gasteiger partial charge on any atom is 0.269 e. The molecule has 0 fully saturated rings. The molecule has 2 amide bonds. The van der Waals surface area contributed by atoms with E-state index in [0.29, 0.717) is 18.2 Å². The van der Waals surface area contributed by atoms with Crippen LogP contribution in [0, 0.1) is 16.0 Å². The number of anilines is 1. The first-order valence-electron chi connectivity index (χ1n) is 8.46. The van der Waals surface area contributed by atoms with Gasteiger partial charge in [-0.2, -0.15) is 0 Å². The van der Waals surface area contributed by atoms with E-state index in [4.69, 9.17) is 5.73 Å². The Balaban J connectivity index is 2.49. The van der Waals surface area contributed by atoms with E-state index in [9.17, 15) is 19.7 Å². The Labute approximate surface area is 152 Å². The minimum absolute atomic E-state index is 0.0619. The van der Waals surface area contributed by atoms with Crippen LogP contribution in [0.1, 0.15) is 27.7 Å². The summed E-state index contributed by atoms with van der Waals surface area (Å²) in [5.41, 5.74) is 6.28. The summed E-state index contributed by atoms with van der Waals surface area (Å²) in [6, 6.07) is 4.14. The Morgan fingerprint density at radius 1 is 1.08 bits per heavy atom. The van der Waals surface area contributed by atoms with Crippen molar-refractivity contribution < 1.29 is 14.5 Å². The maximum atomic E-state index is 12.1. The molecule has 0 heterocycles. The first-order valence-corrected chi connectivity index (χ1v) is 8.46. The third-order valence-electron chi connectivity index (χ3n) is 4.01. The van der Waals surface area contributed by atoms with Gasteiger partial charge in [-0.15, -0.1) is 0 Å². The molecule has 0 radical (unpaired) electrons. The van der Waals surface area contributed by atoms with E-state index >= 15 is 0 Å². The number of rotatable bonds is 9. The van der Waals surface area contributed by atoms with Crippen molar-refractivity contribution in [3.8, 4) is 0 Å². The number of nitro groups is 1. The summed E-state index contributed by atoms with van der Waals surface area (Å²) in [6.45, 7) is 7.76. The summed E-state index contributed by atoms with van der Waals surface area (Å²) in [5.74, 6) is -0.435. The van der Waals surface area contributed by atoms with Crippen LogP contribution < -0.4 is 21.7 Å². The molecule has 0 spiro atoms.